The molecule has 1 aliphatic heterocycles. The van der Waals surface area contributed by atoms with Gasteiger partial charge in [0.2, 0.25) is 11.8 Å². The summed E-state index contributed by atoms with van der Waals surface area (Å²) in [6, 6.07) is 0. The van der Waals surface area contributed by atoms with Crippen LogP contribution in [0.3, 0.4) is 0 Å². The Balaban J connectivity index is 2.03. The fourth-order valence-corrected chi connectivity index (χ4v) is 2.75. The van der Waals surface area contributed by atoms with Crippen LogP contribution >= 0.6 is 0 Å². The third kappa shape index (κ3) is 1.98. The number of carbonyl (C=O) groups excluding carboxylic acids is 2. The van der Waals surface area contributed by atoms with Gasteiger partial charge >= 0.3 is 0 Å². The quantitative estimate of drug-likeness (QED) is 0.663. The van der Waals surface area contributed by atoms with E-state index in [1.807, 2.05) is 19.0 Å². The lowest BCUT2D eigenvalue weighted by Gasteiger charge is -2.19. The predicted octanol–water partition coefficient (Wildman–Crippen LogP) is 0.723. The summed E-state index contributed by atoms with van der Waals surface area (Å²) in [5.74, 6) is 0.167. The molecule has 1 aliphatic carbocycles. The second-order valence-electron chi connectivity index (χ2n) is 5.13. The summed E-state index contributed by atoms with van der Waals surface area (Å²) in [5.41, 5.74) is 0. The molecule has 0 aromatic heterocycles. The Morgan fingerprint density at radius 1 is 1.12 bits per heavy atom. The molecule has 0 spiro atoms. The van der Waals surface area contributed by atoms with Crippen LogP contribution in [0.1, 0.15) is 25.7 Å². The average Bonchev–Trinajstić information content (AvgIpc) is 2.50. The molecular formula is C12H20N2O2. The van der Waals surface area contributed by atoms with Gasteiger partial charge in [0.25, 0.3) is 0 Å². The van der Waals surface area contributed by atoms with Crippen LogP contribution in [-0.2, 0) is 9.59 Å². The minimum atomic E-state index is 0.00316. The van der Waals surface area contributed by atoms with E-state index in [9.17, 15) is 9.59 Å². The molecule has 0 aromatic carbocycles. The number of nitrogens with zero attached hydrogens (tertiary/aromatic N) is 2. The predicted molar refractivity (Wildman–Crippen MR) is 60.7 cm³/mol. The van der Waals surface area contributed by atoms with Gasteiger partial charge in [-0.15, -0.1) is 0 Å². The van der Waals surface area contributed by atoms with Crippen LogP contribution in [0.4, 0.5) is 0 Å². The van der Waals surface area contributed by atoms with Gasteiger partial charge in [-0.1, -0.05) is 12.8 Å². The van der Waals surface area contributed by atoms with Crippen molar-refractivity contribution in [3.05, 3.63) is 0 Å². The standard InChI is InChI=1S/C12H20N2O2/c1-13(2)7-8-14-11(15)9-5-3-4-6-10(9)12(14)16/h9-10H,3-8H2,1-2H3. The van der Waals surface area contributed by atoms with Gasteiger partial charge in [0.05, 0.1) is 11.8 Å². The van der Waals surface area contributed by atoms with E-state index >= 15 is 0 Å². The number of hydrogen-bond donors (Lipinski definition) is 0. The topological polar surface area (TPSA) is 40.6 Å². The fourth-order valence-electron chi connectivity index (χ4n) is 2.75. The number of carbonyl (C=O) groups is 2. The zero-order valence-corrected chi connectivity index (χ0v) is 10.1. The molecule has 90 valence electrons. The minimum absolute atomic E-state index is 0.00316. The molecule has 0 bridgehead atoms. The lowest BCUT2D eigenvalue weighted by Crippen LogP contribution is -2.36. The molecule has 0 radical (unpaired) electrons. The normalized spacial score (nSPS) is 30.1. The highest BCUT2D eigenvalue weighted by atomic mass is 16.2. The van der Waals surface area contributed by atoms with Gasteiger partial charge in [0, 0.05) is 13.1 Å². The number of likely N-dealkylation sites (tertiary alicyclic amines) is 1. The van der Waals surface area contributed by atoms with Crippen molar-refractivity contribution in [1.82, 2.24) is 9.80 Å². The molecule has 4 nitrogen and oxygen atoms in total. The van der Waals surface area contributed by atoms with Gasteiger partial charge in [0.15, 0.2) is 0 Å². The first-order chi connectivity index (χ1) is 7.61. The number of hydrogen-bond acceptors (Lipinski definition) is 3. The van der Waals surface area contributed by atoms with E-state index in [2.05, 4.69) is 0 Å². The van der Waals surface area contributed by atoms with Gasteiger partial charge in [0.1, 0.15) is 0 Å². The van der Waals surface area contributed by atoms with Crippen LogP contribution in [-0.4, -0.2) is 48.8 Å². The first-order valence-corrected chi connectivity index (χ1v) is 6.11. The molecule has 1 heterocycles. The molecule has 2 unspecified atom stereocenters. The van der Waals surface area contributed by atoms with Crippen molar-refractivity contribution in [3.8, 4) is 0 Å². The van der Waals surface area contributed by atoms with Crippen LogP contribution in [0, 0.1) is 11.8 Å². The molecule has 0 N–H and O–H groups in total. The molecule has 2 rings (SSSR count). The number of imide groups is 1. The highest BCUT2D eigenvalue weighted by Gasteiger charge is 2.47. The maximum atomic E-state index is 12.0. The van der Waals surface area contributed by atoms with Gasteiger partial charge in [-0.3, -0.25) is 14.5 Å². The van der Waals surface area contributed by atoms with E-state index in [4.69, 9.17) is 0 Å². The van der Waals surface area contributed by atoms with Gasteiger partial charge in [-0.2, -0.15) is 0 Å². The zero-order valence-electron chi connectivity index (χ0n) is 10.1. The van der Waals surface area contributed by atoms with Gasteiger partial charge < -0.3 is 4.90 Å². The smallest absolute Gasteiger partial charge is 0.233 e. The third-order valence-electron chi connectivity index (χ3n) is 3.70. The first-order valence-electron chi connectivity index (χ1n) is 6.11. The largest absolute Gasteiger partial charge is 0.308 e. The van der Waals surface area contributed by atoms with Gasteiger partial charge in [-0.25, -0.2) is 0 Å². The summed E-state index contributed by atoms with van der Waals surface area (Å²) >= 11 is 0. The summed E-state index contributed by atoms with van der Waals surface area (Å²) < 4.78 is 0. The lowest BCUT2D eigenvalue weighted by molar-refractivity contribution is -0.140. The Bertz CT molecular complexity index is 277. The van der Waals surface area contributed by atoms with Gasteiger partial charge in [-0.05, 0) is 26.9 Å². The number of amides is 2. The summed E-state index contributed by atoms with van der Waals surface area (Å²) in [6.45, 7) is 1.31. The fraction of sp³-hybridized carbons (Fsp3) is 0.833. The lowest BCUT2D eigenvalue weighted by atomic mass is 9.81. The van der Waals surface area contributed by atoms with Crippen LogP contribution in [0.15, 0.2) is 0 Å². The summed E-state index contributed by atoms with van der Waals surface area (Å²) in [4.78, 5) is 27.6. The third-order valence-corrected chi connectivity index (χ3v) is 3.70. The Hall–Kier alpha value is -0.900. The van der Waals surface area contributed by atoms with Crippen molar-refractivity contribution in [2.75, 3.05) is 27.2 Å². The molecular weight excluding hydrogens is 204 g/mol. The van der Waals surface area contributed by atoms with E-state index < -0.39 is 0 Å². The zero-order chi connectivity index (χ0) is 11.7. The maximum Gasteiger partial charge on any atom is 0.233 e. The Morgan fingerprint density at radius 2 is 1.62 bits per heavy atom. The van der Waals surface area contributed by atoms with Crippen molar-refractivity contribution >= 4 is 11.8 Å². The number of rotatable bonds is 3. The molecule has 1 saturated carbocycles. The van der Waals surface area contributed by atoms with Crippen molar-refractivity contribution < 1.29 is 9.59 Å². The molecule has 1 saturated heterocycles. The molecule has 0 aromatic rings. The molecule has 4 heteroatoms. The van der Waals surface area contributed by atoms with E-state index in [0.29, 0.717) is 6.54 Å². The highest BCUT2D eigenvalue weighted by Crippen LogP contribution is 2.37. The van der Waals surface area contributed by atoms with Crippen molar-refractivity contribution in [2.24, 2.45) is 11.8 Å². The Labute approximate surface area is 96.6 Å². The Kier molecular flexibility index (Phi) is 3.28. The van der Waals surface area contributed by atoms with Crippen LogP contribution < -0.4 is 0 Å². The van der Waals surface area contributed by atoms with Crippen LogP contribution in [0.2, 0.25) is 0 Å². The van der Waals surface area contributed by atoms with E-state index in [0.717, 1.165) is 32.2 Å². The minimum Gasteiger partial charge on any atom is -0.308 e. The number of likely N-dealkylation sites (N-methyl/N-ethyl adjacent to an activating group) is 1. The SMILES string of the molecule is CN(C)CCN1C(=O)C2CCCCC2C1=O. The van der Waals surface area contributed by atoms with E-state index in [1.165, 1.54) is 4.90 Å². The van der Waals surface area contributed by atoms with E-state index in [-0.39, 0.29) is 23.7 Å². The molecule has 2 fully saturated rings. The maximum absolute atomic E-state index is 12.0. The monoisotopic (exact) mass is 224 g/mol. The molecule has 2 amide bonds. The Morgan fingerprint density at radius 3 is 2.06 bits per heavy atom. The summed E-state index contributed by atoms with van der Waals surface area (Å²) in [6.07, 6.45) is 4.02. The average molecular weight is 224 g/mol. The highest BCUT2D eigenvalue weighted by molar-refractivity contribution is 6.05. The molecule has 2 aliphatic rings. The first kappa shape index (κ1) is 11.6. The summed E-state index contributed by atoms with van der Waals surface area (Å²) in [5, 5.41) is 0. The second kappa shape index (κ2) is 4.53. The second-order valence-corrected chi connectivity index (χ2v) is 5.13. The van der Waals surface area contributed by atoms with Crippen molar-refractivity contribution in [3.63, 3.8) is 0 Å². The number of fused-ring (bicyclic) bond motifs is 1. The van der Waals surface area contributed by atoms with E-state index in [1.54, 1.807) is 0 Å². The molecule has 16 heavy (non-hydrogen) atoms. The van der Waals surface area contributed by atoms with Crippen LogP contribution in [0.25, 0.3) is 0 Å². The molecule has 2 atom stereocenters. The van der Waals surface area contributed by atoms with Crippen molar-refractivity contribution in [2.45, 2.75) is 25.7 Å². The summed E-state index contributed by atoms with van der Waals surface area (Å²) in [7, 11) is 3.91. The van der Waals surface area contributed by atoms with Crippen LogP contribution in [0.5, 0.6) is 0 Å². The van der Waals surface area contributed by atoms with Crippen molar-refractivity contribution in [1.29, 1.82) is 0 Å².